The Bertz CT molecular complexity index is 375. The van der Waals surface area contributed by atoms with Gasteiger partial charge in [0.05, 0.1) is 0 Å². The fourth-order valence-corrected chi connectivity index (χ4v) is 1.44. The summed E-state index contributed by atoms with van der Waals surface area (Å²) in [4.78, 5) is 0. The number of hydrogen-bond acceptors (Lipinski definition) is 2. The second-order valence-corrected chi connectivity index (χ2v) is 3.91. The molecule has 0 aliphatic heterocycles. The Kier molecular flexibility index (Phi) is 4.40. The topological polar surface area (TPSA) is 35.2 Å². The third-order valence-electron chi connectivity index (χ3n) is 2.39. The van der Waals surface area contributed by atoms with Gasteiger partial charge in [0.25, 0.3) is 0 Å². The smallest absolute Gasteiger partial charge is 0.422 e. The maximum absolute atomic E-state index is 12.1. The van der Waals surface area contributed by atoms with Gasteiger partial charge < -0.3 is 10.5 Å². The SMILES string of the molecule is CCc1ccc(C(C)N)cc1OCC(F)(F)F. The fourth-order valence-electron chi connectivity index (χ4n) is 1.44. The summed E-state index contributed by atoms with van der Waals surface area (Å²) >= 11 is 0. The summed E-state index contributed by atoms with van der Waals surface area (Å²) in [5, 5.41) is 0. The van der Waals surface area contributed by atoms with E-state index in [9.17, 15) is 13.2 Å². The predicted molar refractivity (Wildman–Crippen MR) is 60.0 cm³/mol. The molecule has 2 nitrogen and oxygen atoms in total. The van der Waals surface area contributed by atoms with Crippen molar-refractivity contribution in [3.8, 4) is 5.75 Å². The van der Waals surface area contributed by atoms with Crippen LogP contribution in [0.1, 0.15) is 31.0 Å². The first-order valence-electron chi connectivity index (χ1n) is 5.41. The quantitative estimate of drug-likeness (QED) is 0.886. The molecule has 96 valence electrons. The van der Waals surface area contributed by atoms with E-state index in [1.54, 1.807) is 19.1 Å². The van der Waals surface area contributed by atoms with Crippen molar-refractivity contribution in [2.45, 2.75) is 32.5 Å². The second-order valence-electron chi connectivity index (χ2n) is 3.91. The molecule has 0 aromatic heterocycles. The molecule has 17 heavy (non-hydrogen) atoms. The number of rotatable bonds is 4. The molecule has 1 unspecified atom stereocenters. The van der Waals surface area contributed by atoms with E-state index in [1.165, 1.54) is 0 Å². The molecule has 1 atom stereocenters. The monoisotopic (exact) mass is 247 g/mol. The van der Waals surface area contributed by atoms with Crippen molar-refractivity contribution in [2.75, 3.05) is 6.61 Å². The minimum atomic E-state index is -4.32. The number of aryl methyl sites for hydroxylation is 1. The molecule has 2 N–H and O–H groups in total. The molecule has 0 fully saturated rings. The second kappa shape index (κ2) is 5.40. The van der Waals surface area contributed by atoms with Gasteiger partial charge in [-0.25, -0.2) is 0 Å². The molecule has 0 spiro atoms. The zero-order valence-corrected chi connectivity index (χ0v) is 9.84. The molecular weight excluding hydrogens is 231 g/mol. The van der Waals surface area contributed by atoms with E-state index in [-0.39, 0.29) is 11.8 Å². The summed E-state index contributed by atoms with van der Waals surface area (Å²) in [5.41, 5.74) is 7.19. The van der Waals surface area contributed by atoms with Gasteiger partial charge in [-0.3, -0.25) is 0 Å². The van der Waals surface area contributed by atoms with Gasteiger partial charge in [0, 0.05) is 6.04 Å². The Morgan fingerprint density at radius 2 is 2.00 bits per heavy atom. The van der Waals surface area contributed by atoms with E-state index >= 15 is 0 Å². The van der Waals surface area contributed by atoms with Gasteiger partial charge in [0.2, 0.25) is 0 Å². The molecule has 5 heteroatoms. The van der Waals surface area contributed by atoms with Crippen molar-refractivity contribution < 1.29 is 17.9 Å². The van der Waals surface area contributed by atoms with Crippen molar-refractivity contribution >= 4 is 0 Å². The van der Waals surface area contributed by atoms with E-state index < -0.39 is 12.8 Å². The van der Waals surface area contributed by atoms with Crippen molar-refractivity contribution in [1.82, 2.24) is 0 Å². The van der Waals surface area contributed by atoms with Gasteiger partial charge in [-0.2, -0.15) is 13.2 Å². The minimum absolute atomic E-state index is 0.228. The maximum Gasteiger partial charge on any atom is 0.422 e. The summed E-state index contributed by atoms with van der Waals surface area (Å²) in [6.07, 6.45) is -3.71. The Morgan fingerprint density at radius 3 is 2.47 bits per heavy atom. The fraction of sp³-hybridized carbons (Fsp3) is 0.500. The van der Waals surface area contributed by atoms with Crippen molar-refractivity contribution in [2.24, 2.45) is 5.73 Å². The van der Waals surface area contributed by atoms with Crippen LogP contribution in [-0.2, 0) is 6.42 Å². The summed E-state index contributed by atoms with van der Waals surface area (Å²) < 4.78 is 41.1. The van der Waals surface area contributed by atoms with Crippen LogP contribution in [0.2, 0.25) is 0 Å². The van der Waals surface area contributed by atoms with Crippen LogP contribution in [-0.4, -0.2) is 12.8 Å². The van der Waals surface area contributed by atoms with Crippen LogP contribution in [0, 0.1) is 0 Å². The van der Waals surface area contributed by atoms with E-state index in [0.717, 1.165) is 11.1 Å². The summed E-state index contributed by atoms with van der Waals surface area (Å²) in [6, 6.07) is 4.91. The van der Waals surface area contributed by atoms with Crippen LogP contribution in [0.15, 0.2) is 18.2 Å². The zero-order chi connectivity index (χ0) is 13.1. The normalized spacial score (nSPS) is 13.5. The molecule has 0 heterocycles. The third kappa shape index (κ3) is 4.26. The van der Waals surface area contributed by atoms with Gasteiger partial charge >= 0.3 is 6.18 Å². The number of hydrogen-bond donors (Lipinski definition) is 1. The number of benzene rings is 1. The van der Waals surface area contributed by atoms with Crippen LogP contribution in [0.25, 0.3) is 0 Å². The summed E-state index contributed by atoms with van der Waals surface area (Å²) in [7, 11) is 0. The lowest BCUT2D eigenvalue weighted by molar-refractivity contribution is -0.153. The number of alkyl halides is 3. The average molecular weight is 247 g/mol. The van der Waals surface area contributed by atoms with Crippen LogP contribution in [0.4, 0.5) is 13.2 Å². The molecule has 1 aromatic carbocycles. The molecule has 0 aliphatic carbocycles. The molecule has 1 rings (SSSR count). The lowest BCUT2D eigenvalue weighted by Gasteiger charge is -2.15. The first-order valence-corrected chi connectivity index (χ1v) is 5.41. The average Bonchev–Trinajstić information content (AvgIpc) is 2.24. The summed E-state index contributed by atoms with van der Waals surface area (Å²) in [5.74, 6) is 0.264. The van der Waals surface area contributed by atoms with Crippen LogP contribution in [0.5, 0.6) is 5.75 Å². The number of halogens is 3. The third-order valence-corrected chi connectivity index (χ3v) is 2.39. The molecule has 0 bridgehead atoms. The minimum Gasteiger partial charge on any atom is -0.484 e. The molecule has 0 amide bonds. The van der Waals surface area contributed by atoms with Crippen LogP contribution in [0.3, 0.4) is 0 Å². The molecule has 0 radical (unpaired) electrons. The lowest BCUT2D eigenvalue weighted by Crippen LogP contribution is -2.20. The van der Waals surface area contributed by atoms with Crippen molar-refractivity contribution in [3.05, 3.63) is 29.3 Å². The van der Waals surface area contributed by atoms with Gasteiger partial charge in [0.15, 0.2) is 6.61 Å². The predicted octanol–water partition coefficient (Wildman–Crippen LogP) is 3.21. The Hall–Kier alpha value is -1.23. The van der Waals surface area contributed by atoms with Gasteiger partial charge in [-0.05, 0) is 30.5 Å². The first-order chi connectivity index (χ1) is 7.83. The molecule has 0 saturated heterocycles. The molecule has 1 aromatic rings. The van der Waals surface area contributed by atoms with Crippen molar-refractivity contribution in [3.63, 3.8) is 0 Å². The Balaban J connectivity index is 2.90. The van der Waals surface area contributed by atoms with Gasteiger partial charge in [-0.15, -0.1) is 0 Å². The number of ether oxygens (including phenoxy) is 1. The lowest BCUT2D eigenvalue weighted by atomic mass is 10.0. The highest BCUT2D eigenvalue weighted by Crippen LogP contribution is 2.26. The molecule has 0 aliphatic rings. The largest absolute Gasteiger partial charge is 0.484 e. The van der Waals surface area contributed by atoms with Crippen molar-refractivity contribution in [1.29, 1.82) is 0 Å². The standard InChI is InChI=1S/C12H16F3NO/c1-3-9-4-5-10(8(2)16)6-11(9)17-7-12(13,14)15/h4-6,8H,3,7,16H2,1-2H3. The van der Waals surface area contributed by atoms with E-state index in [4.69, 9.17) is 10.5 Å². The molecule has 0 saturated carbocycles. The van der Waals surface area contributed by atoms with Gasteiger partial charge in [-0.1, -0.05) is 19.1 Å². The highest BCUT2D eigenvalue weighted by Gasteiger charge is 2.28. The number of nitrogens with two attached hydrogens (primary N) is 1. The van der Waals surface area contributed by atoms with E-state index in [0.29, 0.717) is 6.42 Å². The van der Waals surface area contributed by atoms with E-state index in [1.807, 2.05) is 13.0 Å². The Morgan fingerprint density at radius 1 is 1.35 bits per heavy atom. The van der Waals surface area contributed by atoms with E-state index in [2.05, 4.69) is 0 Å². The zero-order valence-electron chi connectivity index (χ0n) is 9.84. The highest BCUT2D eigenvalue weighted by atomic mass is 19.4. The maximum atomic E-state index is 12.1. The van der Waals surface area contributed by atoms with Crippen LogP contribution >= 0.6 is 0 Å². The van der Waals surface area contributed by atoms with Crippen LogP contribution < -0.4 is 10.5 Å². The molecular formula is C12H16F3NO. The van der Waals surface area contributed by atoms with Gasteiger partial charge in [0.1, 0.15) is 5.75 Å². The highest BCUT2D eigenvalue weighted by molar-refractivity contribution is 5.38. The summed E-state index contributed by atoms with van der Waals surface area (Å²) in [6.45, 7) is 2.36. The first kappa shape index (κ1) is 13.8. The Labute approximate surface area is 98.6 Å².